The van der Waals surface area contributed by atoms with Gasteiger partial charge in [-0.1, -0.05) is 11.8 Å². The molecule has 0 spiro atoms. The van der Waals surface area contributed by atoms with Gasteiger partial charge in [-0.05, 0) is 27.3 Å². The molecule has 0 bridgehead atoms. The Morgan fingerprint density at radius 2 is 2.35 bits per heavy atom. The lowest BCUT2D eigenvalue weighted by molar-refractivity contribution is 0.179. The second-order valence-corrected chi connectivity index (χ2v) is 5.42. The lowest BCUT2D eigenvalue weighted by Gasteiger charge is -2.20. The van der Waals surface area contributed by atoms with Crippen LogP contribution in [0.15, 0.2) is 9.64 Å². The Hall–Kier alpha value is -0.520. The number of hydrogen-bond donors (Lipinski definition) is 1. The third kappa shape index (κ3) is 3.24. The normalized spacial score (nSPS) is 21.9. The molecule has 96 valence electrons. The van der Waals surface area contributed by atoms with Gasteiger partial charge in [0, 0.05) is 24.3 Å². The van der Waals surface area contributed by atoms with Crippen LogP contribution in [-0.4, -0.2) is 37.0 Å². The molecule has 1 aromatic rings. The lowest BCUT2D eigenvalue weighted by Crippen LogP contribution is -2.36. The molecule has 0 radical (unpaired) electrons. The summed E-state index contributed by atoms with van der Waals surface area (Å²) in [7, 11) is 2.01. The molecule has 2 unspecified atom stereocenters. The summed E-state index contributed by atoms with van der Waals surface area (Å²) in [5, 5.41) is 4.14. The Bertz CT molecular complexity index is 342. The average molecular weight is 256 g/mol. The highest BCUT2D eigenvalue weighted by Gasteiger charge is 2.25. The van der Waals surface area contributed by atoms with E-state index in [1.165, 1.54) is 0 Å². The molecule has 1 aliphatic heterocycles. The van der Waals surface area contributed by atoms with E-state index in [4.69, 9.17) is 9.15 Å². The van der Waals surface area contributed by atoms with Crippen molar-refractivity contribution >= 4 is 11.8 Å². The quantitative estimate of drug-likeness (QED) is 0.817. The SMILES string of the molecule is CNC(CSc1nc(C)c(C)o1)C1CCOC1. The van der Waals surface area contributed by atoms with Crippen LogP contribution in [0, 0.1) is 19.8 Å². The van der Waals surface area contributed by atoms with Crippen LogP contribution in [0.3, 0.4) is 0 Å². The first kappa shape index (κ1) is 12.9. The van der Waals surface area contributed by atoms with Crippen LogP contribution in [0.2, 0.25) is 0 Å². The second-order valence-electron chi connectivity index (χ2n) is 4.45. The van der Waals surface area contributed by atoms with Crippen molar-refractivity contribution in [1.29, 1.82) is 0 Å². The molecule has 1 fully saturated rings. The summed E-state index contributed by atoms with van der Waals surface area (Å²) >= 11 is 1.68. The van der Waals surface area contributed by atoms with Crippen molar-refractivity contribution in [1.82, 2.24) is 10.3 Å². The Morgan fingerprint density at radius 3 is 2.88 bits per heavy atom. The van der Waals surface area contributed by atoms with Gasteiger partial charge in [-0.15, -0.1) is 0 Å². The summed E-state index contributed by atoms with van der Waals surface area (Å²) in [4.78, 5) is 4.38. The first-order chi connectivity index (χ1) is 8.20. The van der Waals surface area contributed by atoms with E-state index < -0.39 is 0 Å². The van der Waals surface area contributed by atoms with Gasteiger partial charge in [0.25, 0.3) is 5.22 Å². The van der Waals surface area contributed by atoms with Crippen LogP contribution in [-0.2, 0) is 4.74 Å². The Labute approximate surface area is 107 Å². The maximum atomic E-state index is 5.56. The third-order valence-corrected chi connectivity index (χ3v) is 4.25. The summed E-state index contributed by atoms with van der Waals surface area (Å²) in [5.41, 5.74) is 0.984. The number of oxazole rings is 1. The van der Waals surface area contributed by atoms with E-state index in [9.17, 15) is 0 Å². The van der Waals surface area contributed by atoms with Crippen LogP contribution in [0.4, 0.5) is 0 Å². The number of aryl methyl sites for hydroxylation is 2. The van der Waals surface area contributed by atoms with Crippen molar-refractivity contribution in [3.8, 4) is 0 Å². The van der Waals surface area contributed by atoms with Crippen molar-refractivity contribution in [2.24, 2.45) is 5.92 Å². The van der Waals surface area contributed by atoms with E-state index >= 15 is 0 Å². The number of ether oxygens (including phenoxy) is 1. The van der Waals surface area contributed by atoms with Gasteiger partial charge < -0.3 is 14.5 Å². The van der Waals surface area contributed by atoms with E-state index in [1.54, 1.807) is 11.8 Å². The fraction of sp³-hybridized carbons (Fsp3) is 0.750. The van der Waals surface area contributed by atoms with Gasteiger partial charge in [0.1, 0.15) is 5.76 Å². The Kier molecular flexibility index (Phi) is 4.48. The van der Waals surface area contributed by atoms with Crippen LogP contribution < -0.4 is 5.32 Å². The standard InChI is InChI=1S/C12H20N2O2S/c1-8-9(2)16-12(14-8)17-7-11(13-3)10-4-5-15-6-10/h10-11,13H,4-7H2,1-3H3. The second kappa shape index (κ2) is 5.89. The number of nitrogens with one attached hydrogen (secondary N) is 1. The molecule has 0 aliphatic carbocycles. The molecule has 0 aromatic carbocycles. The van der Waals surface area contributed by atoms with Gasteiger partial charge in [0.05, 0.1) is 12.3 Å². The molecule has 1 N–H and O–H groups in total. The summed E-state index contributed by atoms with van der Waals surface area (Å²) < 4.78 is 11.0. The van der Waals surface area contributed by atoms with Gasteiger partial charge in [0.15, 0.2) is 0 Å². The molecule has 0 amide bonds. The summed E-state index contributed by atoms with van der Waals surface area (Å²) in [6.45, 7) is 5.69. The zero-order valence-corrected chi connectivity index (χ0v) is 11.5. The van der Waals surface area contributed by atoms with Crippen LogP contribution in [0.5, 0.6) is 0 Å². The van der Waals surface area contributed by atoms with Crippen LogP contribution in [0.1, 0.15) is 17.9 Å². The number of thioether (sulfide) groups is 1. The summed E-state index contributed by atoms with van der Waals surface area (Å²) in [6.07, 6.45) is 1.15. The lowest BCUT2D eigenvalue weighted by atomic mass is 10.0. The van der Waals surface area contributed by atoms with Crippen LogP contribution in [0.25, 0.3) is 0 Å². The molecule has 1 aliphatic rings. The maximum Gasteiger partial charge on any atom is 0.256 e. The molecule has 17 heavy (non-hydrogen) atoms. The smallest absolute Gasteiger partial charge is 0.256 e. The predicted octanol–water partition coefficient (Wildman–Crippen LogP) is 2.01. The van der Waals surface area contributed by atoms with Crippen molar-refractivity contribution in [2.45, 2.75) is 31.5 Å². The van der Waals surface area contributed by atoms with Gasteiger partial charge >= 0.3 is 0 Å². The van der Waals surface area contributed by atoms with Gasteiger partial charge in [-0.3, -0.25) is 0 Å². The molecular formula is C12H20N2O2S. The molecule has 5 heteroatoms. The van der Waals surface area contributed by atoms with Crippen molar-refractivity contribution < 1.29 is 9.15 Å². The highest BCUT2D eigenvalue weighted by Crippen LogP contribution is 2.25. The highest BCUT2D eigenvalue weighted by atomic mass is 32.2. The highest BCUT2D eigenvalue weighted by molar-refractivity contribution is 7.99. The average Bonchev–Trinajstić information content (AvgIpc) is 2.92. The zero-order chi connectivity index (χ0) is 12.3. The predicted molar refractivity (Wildman–Crippen MR) is 68.5 cm³/mol. The number of rotatable bonds is 5. The van der Waals surface area contributed by atoms with Crippen molar-refractivity contribution in [3.63, 3.8) is 0 Å². The first-order valence-electron chi connectivity index (χ1n) is 6.02. The molecule has 2 atom stereocenters. The van der Waals surface area contributed by atoms with Crippen molar-refractivity contribution in [3.05, 3.63) is 11.5 Å². The topological polar surface area (TPSA) is 47.3 Å². The van der Waals surface area contributed by atoms with Gasteiger partial charge in [-0.2, -0.15) is 0 Å². The van der Waals surface area contributed by atoms with Gasteiger partial charge in [0.2, 0.25) is 0 Å². The monoisotopic (exact) mass is 256 g/mol. The zero-order valence-electron chi connectivity index (χ0n) is 10.7. The van der Waals surface area contributed by atoms with E-state index in [-0.39, 0.29) is 0 Å². The van der Waals surface area contributed by atoms with E-state index in [0.717, 1.165) is 42.1 Å². The Balaban J connectivity index is 1.86. The molecule has 1 aromatic heterocycles. The number of aromatic nitrogens is 1. The number of nitrogens with zero attached hydrogens (tertiary/aromatic N) is 1. The Morgan fingerprint density at radius 1 is 1.53 bits per heavy atom. The molecule has 4 nitrogen and oxygen atoms in total. The number of hydrogen-bond acceptors (Lipinski definition) is 5. The van der Waals surface area contributed by atoms with E-state index in [0.29, 0.717) is 12.0 Å². The summed E-state index contributed by atoms with van der Waals surface area (Å²) in [6, 6.07) is 0.468. The molecule has 2 heterocycles. The minimum atomic E-state index is 0.468. The third-order valence-electron chi connectivity index (χ3n) is 3.30. The molecular weight excluding hydrogens is 236 g/mol. The van der Waals surface area contributed by atoms with Crippen molar-refractivity contribution in [2.75, 3.05) is 26.0 Å². The first-order valence-corrected chi connectivity index (χ1v) is 7.01. The largest absolute Gasteiger partial charge is 0.437 e. The minimum Gasteiger partial charge on any atom is -0.437 e. The van der Waals surface area contributed by atoms with Gasteiger partial charge in [-0.25, -0.2) is 4.98 Å². The minimum absolute atomic E-state index is 0.468. The molecule has 0 saturated carbocycles. The van der Waals surface area contributed by atoms with Crippen LogP contribution >= 0.6 is 11.8 Å². The summed E-state index contributed by atoms with van der Waals surface area (Å²) in [5.74, 6) is 2.51. The molecule has 1 saturated heterocycles. The molecule has 2 rings (SSSR count). The van der Waals surface area contributed by atoms with E-state index in [2.05, 4.69) is 10.3 Å². The fourth-order valence-electron chi connectivity index (χ4n) is 1.99. The fourth-order valence-corrected chi connectivity index (χ4v) is 3.14. The van der Waals surface area contributed by atoms with E-state index in [1.807, 2.05) is 20.9 Å². The maximum absolute atomic E-state index is 5.56.